The molecule has 2 atom stereocenters. The molecule has 2 aromatic rings. The van der Waals surface area contributed by atoms with Gasteiger partial charge in [-0.2, -0.15) is 5.10 Å². The Balaban J connectivity index is 1.99. The quantitative estimate of drug-likeness (QED) is 0.903. The van der Waals surface area contributed by atoms with Crippen LogP contribution in [0.3, 0.4) is 0 Å². The Kier molecular flexibility index (Phi) is 3.82. The van der Waals surface area contributed by atoms with Crippen LogP contribution in [0.4, 0.5) is 8.78 Å². The zero-order valence-electron chi connectivity index (χ0n) is 12.3. The molecule has 0 radical (unpaired) electrons. The molecule has 0 aliphatic heterocycles. The maximum Gasteiger partial charge on any atom is 0.338 e. The Labute approximate surface area is 130 Å². The number of hydrogen-bond donors (Lipinski definition) is 2. The van der Waals surface area contributed by atoms with Gasteiger partial charge >= 0.3 is 5.97 Å². The van der Waals surface area contributed by atoms with Crippen LogP contribution in [0.25, 0.3) is 17.0 Å². The number of carbonyl (C=O) groups is 1. The molecule has 4 nitrogen and oxygen atoms in total. The van der Waals surface area contributed by atoms with Gasteiger partial charge in [0.2, 0.25) is 0 Å². The van der Waals surface area contributed by atoms with Crippen molar-refractivity contribution >= 4 is 22.9 Å². The van der Waals surface area contributed by atoms with Gasteiger partial charge in [-0.25, -0.2) is 13.6 Å². The van der Waals surface area contributed by atoms with Gasteiger partial charge in [0, 0.05) is 5.92 Å². The Morgan fingerprint density at radius 2 is 2.17 bits per heavy atom. The van der Waals surface area contributed by atoms with E-state index in [2.05, 4.69) is 10.2 Å². The number of alkyl halides is 1. The number of aromatic nitrogens is 2. The smallest absolute Gasteiger partial charge is 0.338 e. The molecule has 118 valence electrons. The predicted molar refractivity (Wildman–Crippen MR) is 83.3 cm³/mol. The van der Waals surface area contributed by atoms with Crippen molar-refractivity contribution in [2.24, 2.45) is 5.92 Å². The molecule has 1 aromatic carbocycles. The molecule has 0 bridgehead atoms. The number of rotatable bonds is 3. The van der Waals surface area contributed by atoms with Gasteiger partial charge in [0.05, 0.1) is 22.2 Å². The number of allylic oxidation sites excluding steroid dienone is 5. The average molecular weight is 316 g/mol. The van der Waals surface area contributed by atoms with Crippen molar-refractivity contribution in [3.8, 4) is 0 Å². The minimum absolute atomic E-state index is 0.103. The van der Waals surface area contributed by atoms with E-state index in [1.807, 2.05) is 0 Å². The number of fused-ring (bicyclic) bond motifs is 1. The number of hydrogen-bond acceptors (Lipinski definition) is 2. The van der Waals surface area contributed by atoms with Gasteiger partial charge in [-0.05, 0) is 29.9 Å². The summed E-state index contributed by atoms with van der Waals surface area (Å²) in [7, 11) is 0. The Morgan fingerprint density at radius 1 is 1.39 bits per heavy atom. The van der Waals surface area contributed by atoms with Crippen molar-refractivity contribution < 1.29 is 18.7 Å². The number of halogens is 2. The van der Waals surface area contributed by atoms with Gasteiger partial charge in [-0.3, -0.25) is 5.10 Å². The maximum absolute atomic E-state index is 14.3. The van der Waals surface area contributed by atoms with Crippen LogP contribution >= 0.6 is 0 Å². The summed E-state index contributed by atoms with van der Waals surface area (Å²) in [5, 5.41) is 15.7. The van der Waals surface area contributed by atoms with Crippen LogP contribution in [-0.2, 0) is 0 Å². The van der Waals surface area contributed by atoms with Crippen LogP contribution < -0.4 is 0 Å². The van der Waals surface area contributed by atoms with Crippen molar-refractivity contribution in [1.29, 1.82) is 0 Å². The fourth-order valence-electron chi connectivity index (χ4n) is 2.43. The molecule has 0 saturated heterocycles. The normalized spacial score (nSPS) is 21.1. The SMILES string of the molecule is CC1C=CC(/C=C/c2n[nH]c3ccc(C(=O)O)c(F)c23)=CC1F. The summed E-state index contributed by atoms with van der Waals surface area (Å²) in [6.07, 6.45) is 7.12. The van der Waals surface area contributed by atoms with E-state index in [0.29, 0.717) is 11.1 Å². The highest BCUT2D eigenvalue weighted by Gasteiger charge is 2.18. The summed E-state index contributed by atoms with van der Waals surface area (Å²) in [5.74, 6) is -2.35. The van der Waals surface area contributed by atoms with E-state index in [1.54, 1.807) is 25.2 Å². The van der Waals surface area contributed by atoms with Crippen LogP contribution in [0.2, 0.25) is 0 Å². The molecule has 2 N–H and O–H groups in total. The number of benzene rings is 1. The van der Waals surface area contributed by atoms with Crippen LogP contribution in [0.1, 0.15) is 23.0 Å². The number of H-pyrrole nitrogens is 1. The summed E-state index contributed by atoms with van der Waals surface area (Å²) in [5.41, 5.74) is 0.908. The fraction of sp³-hybridized carbons (Fsp3) is 0.176. The van der Waals surface area contributed by atoms with E-state index < -0.39 is 23.5 Å². The first-order valence-corrected chi connectivity index (χ1v) is 7.09. The Bertz CT molecular complexity index is 865. The number of aromatic amines is 1. The van der Waals surface area contributed by atoms with Gasteiger partial charge in [0.25, 0.3) is 0 Å². The number of nitrogens with zero attached hydrogens (tertiary/aromatic N) is 1. The van der Waals surface area contributed by atoms with Crippen molar-refractivity contribution in [2.75, 3.05) is 0 Å². The summed E-state index contributed by atoms with van der Waals surface area (Å²) in [4.78, 5) is 11.0. The molecule has 0 amide bonds. The molecule has 1 aliphatic rings. The third-order valence-electron chi connectivity index (χ3n) is 3.81. The fourth-order valence-corrected chi connectivity index (χ4v) is 2.43. The molecule has 1 aromatic heterocycles. The summed E-state index contributed by atoms with van der Waals surface area (Å²) < 4.78 is 28.0. The molecular weight excluding hydrogens is 302 g/mol. The Hall–Kier alpha value is -2.76. The first-order valence-electron chi connectivity index (χ1n) is 7.09. The molecule has 0 spiro atoms. The number of carboxylic acid groups (broad SMARTS) is 1. The third-order valence-corrected chi connectivity index (χ3v) is 3.81. The minimum Gasteiger partial charge on any atom is -0.478 e. The molecule has 3 rings (SSSR count). The average Bonchev–Trinajstić information content (AvgIpc) is 2.92. The zero-order valence-corrected chi connectivity index (χ0v) is 12.3. The largest absolute Gasteiger partial charge is 0.478 e. The predicted octanol–water partition coefficient (Wildman–Crippen LogP) is 3.88. The molecule has 23 heavy (non-hydrogen) atoms. The second-order valence-corrected chi connectivity index (χ2v) is 5.43. The highest BCUT2D eigenvalue weighted by molar-refractivity contribution is 5.96. The molecule has 0 saturated carbocycles. The number of nitrogens with one attached hydrogen (secondary N) is 1. The molecule has 6 heteroatoms. The van der Waals surface area contributed by atoms with Gasteiger partial charge in [-0.15, -0.1) is 0 Å². The number of aromatic carboxylic acids is 1. The van der Waals surface area contributed by atoms with Crippen LogP contribution in [0.5, 0.6) is 0 Å². The molecular formula is C17H14F2N2O2. The zero-order chi connectivity index (χ0) is 16.6. The van der Waals surface area contributed by atoms with Gasteiger partial charge in [0.1, 0.15) is 12.0 Å². The van der Waals surface area contributed by atoms with E-state index in [4.69, 9.17) is 5.11 Å². The molecule has 0 fully saturated rings. The third kappa shape index (κ3) is 2.79. The first-order chi connectivity index (χ1) is 11.0. The molecule has 1 heterocycles. The van der Waals surface area contributed by atoms with E-state index in [-0.39, 0.29) is 17.0 Å². The summed E-state index contributed by atoms with van der Waals surface area (Å²) >= 11 is 0. The lowest BCUT2D eigenvalue weighted by atomic mass is 9.96. The van der Waals surface area contributed by atoms with Crippen molar-refractivity contribution in [3.63, 3.8) is 0 Å². The van der Waals surface area contributed by atoms with E-state index >= 15 is 0 Å². The molecule has 1 aliphatic carbocycles. The van der Waals surface area contributed by atoms with Crippen LogP contribution in [0.15, 0.2) is 42.0 Å². The topological polar surface area (TPSA) is 66.0 Å². The second-order valence-electron chi connectivity index (χ2n) is 5.43. The highest BCUT2D eigenvalue weighted by Crippen LogP contribution is 2.25. The van der Waals surface area contributed by atoms with Crippen molar-refractivity contribution in [3.05, 3.63) is 59.1 Å². The standard InChI is InChI=1S/C17H14F2N2O2/c1-9-2-3-10(8-12(9)18)4-6-13-15-14(21-20-13)7-5-11(16(15)19)17(22)23/h2-9,12H,1H3,(H,20,21)(H,22,23)/b6-4+. The second kappa shape index (κ2) is 5.79. The summed E-state index contributed by atoms with van der Waals surface area (Å²) in [6, 6.07) is 2.65. The van der Waals surface area contributed by atoms with Crippen molar-refractivity contribution in [2.45, 2.75) is 13.1 Å². The number of carboxylic acids is 1. The maximum atomic E-state index is 14.3. The highest BCUT2D eigenvalue weighted by atomic mass is 19.1. The van der Waals surface area contributed by atoms with E-state index in [0.717, 1.165) is 0 Å². The minimum atomic E-state index is -1.34. The Morgan fingerprint density at radius 3 is 2.87 bits per heavy atom. The lowest BCUT2D eigenvalue weighted by Gasteiger charge is -2.14. The first kappa shape index (κ1) is 15.1. The monoisotopic (exact) mass is 316 g/mol. The van der Waals surface area contributed by atoms with Gasteiger partial charge in [-0.1, -0.05) is 25.2 Å². The van der Waals surface area contributed by atoms with Crippen LogP contribution in [0, 0.1) is 11.7 Å². The van der Waals surface area contributed by atoms with Crippen LogP contribution in [-0.4, -0.2) is 27.4 Å². The van der Waals surface area contributed by atoms with E-state index in [9.17, 15) is 13.6 Å². The summed E-state index contributed by atoms with van der Waals surface area (Å²) in [6.45, 7) is 1.78. The van der Waals surface area contributed by atoms with E-state index in [1.165, 1.54) is 24.3 Å². The van der Waals surface area contributed by atoms with Crippen molar-refractivity contribution in [1.82, 2.24) is 10.2 Å². The van der Waals surface area contributed by atoms with Gasteiger partial charge in [0.15, 0.2) is 0 Å². The lowest BCUT2D eigenvalue weighted by molar-refractivity contribution is 0.0692. The molecule has 2 unspecified atom stereocenters. The van der Waals surface area contributed by atoms with Gasteiger partial charge < -0.3 is 5.11 Å². The lowest BCUT2D eigenvalue weighted by Crippen LogP contribution is -2.10.